The molecule has 1 aliphatic carbocycles. The third-order valence-corrected chi connectivity index (χ3v) is 3.47. The summed E-state index contributed by atoms with van der Waals surface area (Å²) in [7, 11) is 0. The maximum atomic E-state index is 4.01. The lowest BCUT2D eigenvalue weighted by molar-refractivity contribution is 0.446. The second-order valence-corrected chi connectivity index (χ2v) is 4.35. The Morgan fingerprint density at radius 3 is 2.83 bits per heavy atom. The Morgan fingerprint density at radius 1 is 1.33 bits per heavy atom. The van der Waals surface area contributed by atoms with E-state index in [0.717, 1.165) is 5.82 Å². The van der Waals surface area contributed by atoms with Gasteiger partial charge in [0.2, 0.25) is 0 Å². The van der Waals surface area contributed by atoms with E-state index in [4.69, 9.17) is 0 Å². The summed E-state index contributed by atoms with van der Waals surface area (Å²) in [6.07, 6.45) is 4.99. The number of nitrogens with one attached hydrogen (secondary N) is 1. The Balaban J connectivity index is 2.11. The standard InChI is InChI=1S/C7H11BrN4/c8-6-4-2-1-3-5(6)7-9-11-12-10-7/h5-6H,1-4H2,(H,9,10,11,12). The molecule has 0 aromatic carbocycles. The van der Waals surface area contributed by atoms with Gasteiger partial charge in [0.15, 0.2) is 5.82 Å². The number of alkyl halides is 1. The molecule has 2 atom stereocenters. The summed E-state index contributed by atoms with van der Waals surface area (Å²) < 4.78 is 0. The van der Waals surface area contributed by atoms with Crippen LogP contribution in [0.2, 0.25) is 0 Å². The molecule has 0 aliphatic heterocycles. The quantitative estimate of drug-likeness (QED) is 0.747. The highest BCUT2D eigenvalue weighted by atomic mass is 79.9. The van der Waals surface area contributed by atoms with Crippen molar-refractivity contribution < 1.29 is 0 Å². The van der Waals surface area contributed by atoms with Gasteiger partial charge in [-0.2, -0.15) is 5.21 Å². The number of halogens is 1. The van der Waals surface area contributed by atoms with E-state index in [1.165, 1.54) is 25.7 Å². The number of aromatic amines is 1. The zero-order chi connectivity index (χ0) is 8.39. The van der Waals surface area contributed by atoms with Crippen LogP contribution in [0.15, 0.2) is 0 Å². The molecule has 0 amide bonds. The Kier molecular flexibility index (Phi) is 2.39. The van der Waals surface area contributed by atoms with Gasteiger partial charge in [-0.15, -0.1) is 10.2 Å². The zero-order valence-corrected chi connectivity index (χ0v) is 8.29. The lowest BCUT2D eigenvalue weighted by atomic mass is 9.89. The summed E-state index contributed by atoms with van der Waals surface area (Å²) in [5.41, 5.74) is 0. The highest BCUT2D eigenvalue weighted by molar-refractivity contribution is 9.09. The van der Waals surface area contributed by atoms with Crippen molar-refractivity contribution in [3.63, 3.8) is 0 Å². The fourth-order valence-electron chi connectivity index (χ4n) is 1.70. The van der Waals surface area contributed by atoms with Crippen LogP contribution < -0.4 is 0 Å². The highest BCUT2D eigenvalue weighted by Gasteiger charge is 2.27. The number of H-pyrrole nitrogens is 1. The predicted molar refractivity (Wildman–Crippen MR) is 48.1 cm³/mol. The van der Waals surface area contributed by atoms with Gasteiger partial charge in [0.25, 0.3) is 0 Å². The van der Waals surface area contributed by atoms with Gasteiger partial charge in [-0.1, -0.05) is 34.0 Å². The average molecular weight is 231 g/mol. The van der Waals surface area contributed by atoms with Crippen molar-refractivity contribution in [1.29, 1.82) is 0 Å². The fourth-order valence-corrected chi connectivity index (χ4v) is 2.53. The smallest absolute Gasteiger partial charge is 0.177 e. The van der Waals surface area contributed by atoms with Gasteiger partial charge in [0.05, 0.1) is 0 Å². The molecule has 1 aliphatic rings. The number of hydrogen-bond acceptors (Lipinski definition) is 3. The van der Waals surface area contributed by atoms with E-state index in [9.17, 15) is 0 Å². The first kappa shape index (κ1) is 8.16. The molecule has 2 rings (SSSR count). The van der Waals surface area contributed by atoms with Crippen LogP contribution in [0.3, 0.4) is 0 Å². The summed E-state index contributed by atoms with van der Waals surface area (Å²) >= 11 is 3.65. The Hall–Kier alpha value is -0.450. The molecule has 0 bridgehead atoms. The molecule has 4 nitrogen and oxygen atoms in total. The minimum Gasteiger partial charge on any atom is -0.177 e. The topological polar surface area (TPSA) is 54.5 Å². The molecule has 2 unspecified atom stereocenters. The first-order valence-electron chi connectivity index (χ1n) is 4.25. The third-order valence-electron chi connectivity index (χ3n) is 2.37. The second-order valence-electron chi connectivity index (χ2n) is 3.18. The Morgan fingerprint density at radius 2 is 2.17 bits per heavy atom. The van der Waals surface area contributed by atoms with Crippen molar-refractivity contribution in [2.75, 3.05) is 0 Å². The minimum atomic E-state index is 0.456. The van der Waals surface area contributed by atoms with Crippen LogP contribution in [0.5, 0.6) is 0 Å². The van der Waals surface area contributed by atoms with E-state index >= 15 is 0 Å². The molecular weight excluding hydrogens is 220 g/mol. The number of rotatable bonds is 1. The first-order valence-corrected chi connectivity index (χ1v) is 5.17. The van der Waals surface area contributed by atoms with E-state index < -0.39 is 0 Å². The summed E-state index contributed by atoms with van der Waals surface area (Å²) in [6.45, 7) is 0. The molecule has 66 valence electrons. The summed E-state index contributed by atoms with van der Waals surface area (Å²) in [4.78, 5) is 0.531. The number of hydrogen-bond donors (Lipinski definition) is 1. The van der Waals surface area contributed by atoms with Gasteiger partial charge < -0.3 is 0 Å². The van der Waals surface area contributed by atoms with Crippen molar-refractivity contribution in [1.82, 2.24) is 20.6 Å². The average Bonchev–Trinajstić information content (AvgIpc) is 2.57. The molecule has 5 heteroatoms. The van der Waals surface area contributed by atoms with Gasteiger partial charge in [-0.25, -0.2) is 0 Å². The number of nitrogens with zero attached hydrogens (tertiary/aromatic N) is 3. The van der Waals surface area contributed by atoms with Gasteiger partial charge in [0.1, 0.15) is 0 Å². The molecular formula is C7H11BrN4. The lowest BCUT2D eigenvalue weighted by Gasteiger charge is -2.24. The van der Waals surface area contributed by atoms with Gasteiger partial charge in [0, 0.05) is 10.7 Å². The Labute approximate surface area is 79.3 Å². The minimum absolute atomic E-state index is 0.456. The maximum Gasteiger partial charge on any atom is 0.178 e. The van der Waals surface area contributed by atoms with Gasteiger partial charge >= 0.3 is 0 Å². The largest absolute Gasteiger partial charge is 0.178 e. The first-order chi connectivity index (χ1) is 5.88. The molecule has 0 saturated heterocycles. The number of tetrazole rings is 1. The van der Waals surface area contributed by atoms with Crippen LogP contribution >= 0.6 is 15.9 Å². The lowest BCUT2D eigenvalue weighted by Crippen LogP contribution is -2.18. The van der Waals surface area contributed by atoms with Crippen molar-refractivity contribution in [2.24, 2.45) is 0 Å². The molecule has 1 N–H and O–H groups in total. The molecule has 1 heterocycles. The monoisotopic (exact) mass is 230 g/mol. The SMILES string of the molecule is BrC1CCCCC1c1nn[nH]n1. The van der Waals surface area contributed by atoms with Crippen LogP contribution in [0.25, 0.3) is 0 Å². The zero-order valence-electron chi connectivity index (χ0n) is 6.70. The van der Waals surface area contributed by atoms with Gasteiger partial charge in [-0.3, -0.25) is 0 Å². The molecule has 12 heavy (non-hydrogen) atoms. The fraction of sp³-hybridized carbons (Fsp3) is 0.857. The number of aromatic nitrogens is 4. The van der Waals surface area contributed by atoms with Crippen LogP contribution in [-0.2, 0) is 0 Å². The Bertz CT molecular complexity index is 236. The van der Waals surface area contributed by atoms with E-state index in [-0.39, 0.29) is 0 Å². The van der Waals surface area contributed by atoms with E-state index in [0.29, 0.717) is 10.7 Å². The molecule has 1 fully saturated rings. The van der Waals surface area contributed by atoms with Crippen LogP contribution in [-0.4, -0.2) is 25.5 Å². The van der Waals surface area contributed by atoms with Crippen LogP contribution in [0.4, 0.5) is 0 Å². The maximum absolute atomic E-state index is 4.01. The normalized spacial score (nSPS) is 30.4. The van der Waals surface area contributed by atoms with Crippen molar-refractivity contribution in [3.8, 4) is 0 Å². The van der Waals surface area contributed by atoms with E-state index in [2.05, 4.69) is 36.6 Å². The van der Waals surface area contributed by atoms with E-state index in [1.54, 1.807) is 0 Å². The summed E-state index contributed by atoms with van der Waals surface area (Å²) in [5.74, 6) is 1.31. The molecule has 1 saturated carbocycles. The molecule has 1 aromatic heterocycles. The van der Waals surface area contributed by atoms with Crippen LogP contribution in [0, 0.1) is 0 Å². The van der Waals surface area contributed by atoms with Crippen molar-refractivity contribution >= 4 is 15.9 Å². The molecule has 0 spiro atoms. The highest BCUT2D eigenvalue weighted by Crippen LogP contribution is 2.35. The van der Waals surface area contributed by atoms with Crippen LogP contribution in [0.1, 0.15) is 37.4 Å². The summed E-state index contributed by atoms with van der Waals surface area (Å²) in [5, 5.41) is 14.1. The second kappa shape index (κ2) is 3.51. The molecule has 1 aromatic rings. The van der Waals surface area contributed by atoms with Gasteiger partial charge in [-0.05, 0) is 12.8 Å². The van der Waals surface area contributed by atoms with Crippen molar-refractivity contribution in [3.05, 3.63) is 5.82 Å². The third kappa shape index (κ3) is 1.50. The van der Waals surface area contributed by atoms with Crippen molar-refractivity contribution in [2.45, 2.75) is 36.4 Å². The molecule has 0 radical (unpaired) electrons. The summed E-state index contributed by atoms with van der Waals surface area (Å²) in [6, 6.07) is 0. The predicted octanol–water partition coefficient (Wildman–Crippen LogP) is 1.62. The van der Waals surface area contributed by atoms with E-state index in [1.807, 2.05) is 0 Å².